The number of thiazole rings is 1. The van der Waals surface area contributed by atoms with Gasteiger partial charge in [0, 0.05) is 24.0 Å². The highest BCUT2D eigenvalue weighted by molar-refractivity contribution is 7.07. The van der Waals surface area contributed by atoms with Crippen LogP contribution < -0.4 is 4.90 Å². The van der Waals surface area contributed by atoms with E-state index in [-0.39, 0.29) is 5.82 Å². The minimum Gasteiger partial charge on any atom is -0.369 e. The summed E-state index contributed by atoms with van der Waals surface area (Å²) >= 11 is 1.41. The van der Waals surface area contributed by atoms with E-state index >= 15 is 0 Å². The fourth-order valence-electron chi connectivity index (χ4n) is 2.55. The number of aromatic nitrogens is 1. The SMILES string of the molecule is Fc1cc(-c2cs[c]n2)ccc1N1CCCCCC1. The first-order chi connectivity index (χ1) is 9.34. The smallest absolute Gasteiger partial charge is 0.152 e. The molecule has 0 saturated carbocycles. The quantitative estimate of drug-likeness (QED) is 0.819. The predicted octanol–water partition coefficient (Wildman–Crippen LogP) is 4.13. The van der Waals surface area contributed by atoms with Gasteiger partial charge < -0.3 is 4.90 Å². The lowest BCUT2D eigenvalue weighted by molar-refractivity contribution is 0.617. The fraction of sp³-hybridized carbons (Fsp3) is 0.400. The lowest BCUT2D eigenvalue weighted by atomic mass is 10.1. The first-order valence-electron chi connectivity index (χ1n) is 6.71. The van der Waals surface area contributed by atoms with E-state index in [2.05, 4.69) is 15.4 Å². The Kier molecular flexibility index (Phi) is 3.78. The summed E-state index contributed by atoms with van der Waals surface area (Å²) in [5.41, 5.74) is 5.14. The van der Waals surface area contributed by atoms with Gasteiger partial charge >= 0.3 is 0 Å². The molecule has 2 heterocycles. The molecule has 1 aliphatic heterocycles. The van der Waals surface area contributed by atoms with Crippen LogP contribution in [-0.2, 0) is 0 Å². The van der Waals surface area contributed by atoms with Crippen molar-refractivity contribution in [1.82, 2.24) is 4.98 Å². The number of nitrogens with zero attached hydrogens (tertiary/aromatic N) is 2. The third kappa shape index (κ3) is 2.78. The molecule has 1 saturated heterocycles. The van der Waals surface area contributed by atoms with Crippen LogP contribution in [0, 0.1) is 11.3 Å². The molecule has 99 valence electrons. The molecule has 1 aromatic heterocycles. The maximum Gasteiger partial charge on any atom is 0.152 e. The van der Waals surface area contributed by atoms with Crippen molar-refractivity contribution in [2.75, 3.05) is 18.0 Å². The maximum atomic E-state index is 14.3. The van der Waals surface area contributed by atoms with Gasteiger partial charge in [-0.2, -0.15) is 0 Å². The van der Waals surface area contributed by atoms with E-state index in [4.69, 9.17) is 0 Å². The molecule has 0 N–H and O–H groups in total. The van der Waals surface area contributed by atoms with Gasteiger partial charge in [0.25, 0.3) is 0 Å². The van der Waals surface area contributed by atoms with Gasteiger partial charge in [-0.05, 0) is 25.0 Å². The Morgan fingerprint density at radius 3 is 2.58 bits per heavy atom. The molecule has 0 unspecified atom stereocenters. The zero-order valence-corrected chi connectivity index (χ0v) is 11.5. The normalized spacial score (nSPS) is 16.4. The molecule has 19 heavy (non-hydrogen) atoms. The molecule has 0 spiro atoms. The van der Waals surface area contributed by atoms with E-state index in [1.807, 2.05) is 17.5 Å². The Labute approximate surface area is 116 Å². The van der Waals surface area contributed by atoms with Crippen LogP contribution in [0.3, 0.4) is 0 Å². The number of hydrogen-bond acceptors (Lipinski definition) is 3. The van der Waals surface area contributed by atoms with Gasteiger partial charge in [-0.1, -0.05) is 18.9 Å². The molecular formula is C15H16FN2S. The van der Waals surface area contributed by atoms with E-state index in [0.717, 1.165) is 42.9 Å². The molecule has 0 atom stereocenters. The lowest BCUT2D eigenvalue weighted by Gasteiger charge is -2.23. The van der Waals surface area contributed by atoms with E-state index in [0.29, 0.717) is 0 Å². The first kappa shape index (κ1) is 12.6. The first-order valence-corrected chi connectivity index (χ1v) is 7.59. The van der Waals surface area contributed by atoms with Crippen molar-refractivity contribution in [3.8, 4) is 11.3 Å². The van der Waals surface area contributed by atoms with Gasteiger partial charge in [0.1, 0.15) is 5.82 Å². The third-order valence-corrected chi connectivity index (χ3v) is 4.12. The predicted molar refractivity (Wildman–Crippen MR) is 77.0 cm³/mol. The topological polar surface area (TPSA) is 16.1 Å². The summed E-state index contributed by atoms with van der Waals surface area (Å²) in [7, 11) is 0. The molecule has 4 heteroatoms. The zero-order valence-electron chi connectivity index (χ0n) is 10.7. The summed E-state index contributed by atoms with van der Waals surface area (Å²) in [6, 6.07) is 5.42. The Bertz CT molecular complexity index is 531. The highest BCUT2D eigenvalue weighted by Gasteiger charge is 2.14. The maximum absolute atomic E-state index is 14.3. The number of hydrogen-bond donors (Lipinski definition) is 0. The van der Waals surface area contributed by atoms with Crippen molar-refractivity contribution in [2.24, 2.45) is 0 Å². The van der Waals surface area contributed by atoms with E-state index in [9.17, 15) is 4.39 Å². The molecule has 1 fully saturated rings. The number of rotatable bonds is 2. The summed E-state index contributed by atoms with van der Waals surface area (Å²) in [6.45, 7) is 1.92. The molecular weight excluding hydrogens is 259 g/mol. The van der Waals surface area contributed by atoms with Crippen molar-refractivity contribution in [3.63, 3.8) is 0 Å². The van der Waals surface area contributed by atoms with Crippen LogP contribution in [0.5, 0.6) is 0 Å². The van der Waals surface area contributed by atoms with Crippen LogP contribution in [0.2, 0.25) is 0 Å². The van der Waals surface area contributed by atoms with Crippen LogP contribution >= 0.6 is 11.3 Å². The van der Waals surface area contributed by atoms with Crippen molar-refractivity contribution in [3.05, 3.63) is 34.9 Å². The molecule has 2 nitrogen and oxygen atoms in total. The molecule has 1 aliphatic rings. The largest absolute Gasteiger partial charge is 0.369 e. The number of anilines is 1. The van der Waals surface area contributed by atoms with Gasteiger partial charge in [-0.25, -0.2) is 9.37 Å². The summed E-state index contributed by atoms with van der Waals surface area (Å²) in [5, 5.41) is 1.89. The van der Waals surface area contributed by atoms with E-state index in [1.165, 1.54) is 24.2 Å². The molecule has 1 aromatic carbocycles. The second-order valence-corrected chi connectivity index (χ2v) is 5.55. The molecule has 0 bridgehead atoms. The monoisotopic (exact) mass is 275 g/mol. The van der Waals surface area contributed by atoms with Crippen molar-refractivity contribution in [2.45, 2.75) is 25.7 Å². The highest BCUT2D eigenvalue weighted by atomic mass is 32.1. The highest BCUT2D eigenvalue weighted by Crippen LogP contribution is 2.27. The summed E-state index contributed by atoms with van der Waals surface area (Å²) < 4.78 is 14.3. The molecule has 3 rings (SSSR count). The Morgan fingerprint density at radius 1 is 1.16 bits per heavy atom. The average molecular weight is 275 g/mol. The Balaban J connectivity index is 1.87. The summed E-state index contributed by atoms with van der Waals surface area (Å²) in [6.07, 6.45) is 4.82. The van der Waals surface area contributed by atoms with Gasteiger partial charge in [0.05, 0.1) is 11.4 Å². The van der Waals surface area contributed by atoms with Crippen LogP contribution in [0.25, 0.3) is 11.3 Å². The number of benzene rings is 1. The second kappa shape index (κ2) is 5.70. The minimum atomic E-state index is -0.146. The standard InChI is InChI=1S/C15H16FN2S/c16-13-9-12(14-10-19-11-17-14)5-6-15(13)18-7-3-1-2-4-8-18/h5-6,9-10H,1-4,7-8H2. The van der Waals surface area contributed by atoms with Crippen molar-refractivity contribution in [1.29, 1.82) is 0 Å². The van der Waals surface area contributed by atoms with Gasteiger partial charge in [0.2, 0.25) is 0 Å². The van der Waals surface area contributed by atoms with Crippen LogP contribution in [-0.4, -0.2) is 18.1 Å². The number of halogens is 1. The minimum absolute atomic E-state index is 0.146. The summed E-state index contributed by atoms with van der Waals surface area (Å²) in [4.78, 5) is 6.26. The zero-order chi connectivity index (χ0) is 13.1. The molecule has 2 aromatic rings. The third-order valence-electron chi connectivity index (χ3n) is 3.58. The van der Waals surface area contributed by atoms with Crippen LogP contribution in [0.15, 0.2) is 23.6 Å². The summed E-state index contributed by atoms with van der Waals surface area (Å²) in [5.74, 6) is -0.146. The van der Waals surface area contributed by atoms with Crippen LogP contribution in [0.1, 0.15) is 25.7 Å². The van der Waals surface area contributed by atoms with Crippen molar-refractivity contribution < 1.29 is 4.39 Å². The van der Waals surface area contributed by atoms with Gasteiger partial charge in [-0.3, -0.25) is 0 Å². The molecule has 0 aliphatic carbocycles. The van der Waals surface area contributed by atoms with E-state index < -0.39 is 0 Å². The Hall–Kier alpha value is -1.42. The van der Waals surface area contributed by atoms with Gasteiger partial charge in [-0.15, -0.1) is 11.3 Å². The average Bonchev–Trinajstić information content (AvgIpc) is 2.82. The van der Waals surface area contributed by atoms with Crippen LogP contribution in [0.4, 0.5) is 10.1 Å². The molecule has 1 radical (unpaired) electrons. The lowest BCUT2D eigenvalue weighted by Crippen LogP contribution is -2.24. The molecule has 0 amide bonds. The fourth-order valence-corrected chi connectivity index (χ4v) is 3.06. The van der Waals surface area contributed by atoms with E-state index in [1.54, 1.807) is 6.07 Å². The van der Waals surface area contributed by atoms with Gasteiger partial charge in [0.15, 0.2) is 5.51 Å². The Morgan fingerprint density at radius 2 is 1.95 bits per heavy atom. The second-order valence-electron chi connectivity index (χ2n) is 4.89. The van der Waals surface area contributed by atoms with Crippen molar-refractivity contribution >= 4 is 17.0 Å².